The fourth-order valence-electron chi connectivity index (χ4n) is 4.65. The van der Waals surface area contributed by atoms with Crippen molar-refractivity contribution in [3.63, 3.8) is 0 Å². The number of nitrogens with one attached hydrogen (secondary N) is 1. The molecule has 0 aliphatic carbocycles. The van der Waals surface area contributed by atoms with Gasteiger partial charge in [-0.2, -0.15) is 15.0 Å². The zero-order chi connectivity index (χ0) is 23.2. The number of aromatic nitrogens is 3. The maximum Gasteiger partial charge on any atom is 0.236 e. The molecule has 2 fully saturated rings. The Labute approximate surface area is 194 Å². The van der Waals surface area contributed by atoms with Gasteiger partial charge in [-0.05, 0) is 56.8 Å². The third-order valence-corrected chi connectivity index (χ3v) is 6.51. The van der Waals surface area contributed by atoms with Crippen molar-refractivity contribution in [3.8, 4) is 5.75 Å². The number of benzene rings is 1. The van der Waals surface area contributed by atoms with E-state index < -0.39 is 5.82 Å². The van der Waals surface area contributed by atoms with Crippen LogP contribution in [0.3, 0.4) is 0 Å². The first kappa shape index (κ1) is 23.4. The fraction of sp³-hybridized carbons (Fsp3) is 0.609. The second-order valence-electron chi connectivity index (χ2n) is 8.61. The number of nitrogen functional groups attached to an aromatic ring is 1. The molecular formula is C23H34FN7O2. The van der Waals surface area contributed by atoms with Crippen LogP contribution in [-0.2, 0) is 4.74 Å². The first-order valence-electron chi connectivity index (χ1n) is 11.8. The van der Waals surface area contributed by atoms with Crippen LogP contribution < -0.4 is 20.7 Å². The van der Waals surface area contributed by atoms with Gasteiger partial charge >= 0.3 is 0 Å². The molecule has 2 aliphatic rings. The van der Waals surface area contributed by atoms with Gasteiger partial charge in [-0.1, -0.05) is 6.92 Å². The van der Waals surface area contributed by atoms with E-state index >= 15 is 0 Å². The van der Waals surface area contributed by atoms with Crippen LogP contribution in [0.2, 0.25) is 0 Å². The molecule has 1 aromatic carbocycles. The van der Waals surface area contributed by atoms with Gasteiger partial charge in [0.1, 0.15) is 0 Å². The maximum atomic E-state index is 14.6. The van der Waals surface area contributed by atoms with Crippen molar-refractivity contribution in [1.29, 1.82) is 0 Å². The summed E-state index contributed by atoms with van der Waals surface area (Å²) < 4.78 is 25.2. The van der Waals surface area contributed by atoms with E-state index in [9.17, 15) is 4.39 Å². The summed E-state index contributed by atoms with van der Waals surface area (Å²) in [6, 6.07) is 5.32. The Morgan fingerprint density at radius 2 is 2.06 bits per heavy atom. The van der Waals surface area contributed by atoms with Gasteiger partial charge in [-0.15, -0.1) is 0 Å². The minimum absolute atomic E-state index is 0.132. The highest BCUT2D eigenvalue weighted by Gasteiger charge is 2.25. The molecule has 1 unspecified atom stereocenters. The lowest BCUT2D eigenvalue weighted by Crippen LogP contribution is -2.35. The summed E-state index contributed by atoms with van der Waals surface area (Å²) in [6.45, 7) is 7.14. The van der Waals surface area contributed by atoms with Crippen LogP contribution in [0.25, 0.3) is 0 Å². The zero-order valence-corrected chi connectivity index (χ0v) is 19.5. The number of nitrogens with two attached hydrogens (primary N) is 1. The first-order chi connectivity index (χ1) is 16.1. The zero-order valence-electron chi connectivity index (χ0n) is 19.5. The van der Waals surface area contributed by atoms with E-state index in [-0.39, 0.29) is 11.7 Å². The molecule has 4 rings (SSSR count). The molecule has 2 aromatic rings. The second kappa shape index (κ2) is 10.9. The predicted molar refractivity (Wildman–Crippen MR) is 126 cm³/mol. The average molecular weight is 460 g/mol. The Balaban J connectivity index is 1.59. The summed E-state index contributed by atoms with van der Waals surface area (Å²) in [6.07, 6.45) is 4.20. The van der Waals surface area contributed by atoms with Gasteiger partial charge in [0.25, 0.3) is 0 Å². The van der Waals surface area contributed by atoms with Gasteiger partial charge < -0.3 is 25.4 Å². The third kappa shape index (κ3) is 5.80. The normalized spacial score (nSPS) is 19.5. The van der Waals surface area contributed by atoms with Crippen molar-refractivity contribution < 1.29 is 13.9 Å². The van der Waals surface area contributed by atoms with E-state index in [0.29, 0.717) is 36.1 Å². The molecule has 2 saturated heterocycles. The molecule has 9 nitrogen and oxygen atoms in total. The van der Waals surface area contributed by atoms with Gasteiger partial charge in [0.15, 0.2) is 11.6 Å². The lowest BCUT2D eigenvalue weighted by Gasteiger charge is -2.30. The molecule has 33 heavy (non-hydrogen) atoms. The van der Waals surface area contributed by atoms with Gasteiger partial charge in [0.2, 0.25) is 17.8 Å². The van der Waals surface area contributed by atoms with Crippen LogP contribution >= 0.6 is 0 Å². The van der Waals surface area contributed by atoms with Gasteiger partial charge in [-0.3, -0.25) is 4.90 Å². The smallest absolute Gasteiger partial charge is 0.236 e. The Kier molecular flexibility index (Phi) is 7.77. The van der Waals surface area contributed by atoms with Crippen LogP contribution in [0.5, 0.6) is 5.75 Å². The lowest BCUT2D eigenvalue weighted by molar-refractivity contribution is 0.0687. The summed E-state index contributed by atoms with van der Waals surface area (Å²) >= 11 is 0. The third-order valence-electron chi connectivity index (χ3n) is 6.51. The monoisotopic (exact) mass is 459 g/mol. The molecule has 0 radical (unpaired) electrons. The summed E-state index contributed by atoms with van der Waals surface area (Å²) in [5, 5.41) is 3.35. The number of ether oxygens (including phenoxy) is 2. The van der Waals surface area contributed by atoms with E-state index in [1.165, 1.54) is 19.6 Å². The summed E-state index contributed by atoms with van der Waals surface area (Å²) in [5.41, 5.74) is 6.71. The largest absolute Gasteiger partial charge is 0.494 e. The highest BCUT2D eigenvalue weighted by molar-refractivity contribution is 5.60. The van der Waals surface area contributed by atoms with E-state index in [1.807, 2.05) is 11.0 Å². The fourth-order valence-corrected chi connectivity index (χ4v) is 4.65. The van der Waals surface area contributed by atoms with Crippen molar-refractivity contribution in [2.24, 2.45) is 5.92 Å². The number of likely N-dealkylation sites (tertiary alicyclic amines) is 1. The van der Waals surface area contributed by atoms with Gasteiger partial charge in [-0.25, -0.2) is 4.39 Å². The maximum absolute atomic E-state index is 14.6. The first-order valence-corrected chi connectivity index (χ1v) is 11.8. The van der Waals surface area contributed by atoms with Crippen molar-refractivity contribution >= 4 is 23.5 Å². The van der Waals surface area contributed by atoms with Gasteiger partial charge in [0, 0.05) is 44.1 Å². The van der Waals surface area contributed by atoms with Gasteiger partial charge in [0.05, 0.1) is 7.11 Å². The summed E-state index contributed by atoms with van der Waals surface area (Å²) in [4.78, 5) is 17.7. The van der Waals surface area contributed by atoms with E-state index in [2.05, 4.69) is 32.1 Å². The number of anilines is 4. The number of hydrogen-bond donors (Lipinski definition) is 2. The molecule has 0 saturated carbocycles. The van der Waals surface area contributed by atoms with Crippen LogP contribution in [0.4, 0.5) is 27.9 Å². The Morgan fingerprint density at radius 1 is 1.24 bits per heavy atom. The Morgan fingerprint density at radius 3 is 2.79 bits per heavy atom. The standard InChI is InChI=1S/C23H34FN7O2/c1-3-30-10-4-5-18(30)14-26-22-27-21(25)28-23(29-22)31(15-16-8-11-33-12-9-16)17-6-7-20(32-2)19(24)13-17/h6-7,13,16,18H,3-5,8-12,14-15H2,1-2H3,(H3,25,26,27,28,29). The number of likely N-dealkylation sites (N-methyl/N-ethyl adjacent to an activating group) is 1. The summed E-state index contributed by atoms with van der Waals surface area (Å²) in [7, 11) is 1.45. The van der Waals surface area contributed by atoms with E-state index in [4.69, 9.17) is 15.2 Å². The molecule has 1 atom stereocenters. The number of halogens is 1. The van der Waals surface area contributed by atoms with Crippen molar-refractivity contribution in [2.75, 3.05) is 62.5 Å². The average Bonchev–Trinajstić information content (AvgIpc) is 3.29. The van der Waals surface area contributed by atoms with Crippen LogP contribution in [-0.4, -0.2) is 72.4 Å². The Hall–Kier alpha value is -2.72. The highest BCUT2D eigenvalue weighted by atomic mass is 19.1. The van der Waals surface area contributed by atoms with Crippen LogP contribution in [0, 0.1) is 11.7 Å². The van der Waals surface area contributed by atoms with Crippen molar-refractivity contribution in [2.45, 2.75) is 38.6 Å². The minimum Gasteiger partial charge on any atom is -0.494 e. The molecular weight excluding hydrogens is 425 g/mol. The quantitative estimate of drug-likeness (QED) is 0.586. The van der Waals surface area contributed by atoms with Crippen LogP contribution in [0.15, 0.2) is 18.2 Å². The second-order valence-corrected chi connectivity index (χ2v) is 8.61. The molecule has 1 aromatic heterocycles. The number of nitrogens with zero attached hydrogens (tertiary/aromatic N) is 5. The molecule has 3 heterocycles. The molecule has 0 bridgehead atoms. The van der Waals surface area contributed by atoms with Crippen molar-refractivity contribution in [3.05, 3.63) is 24.0 Å². The highest BCUT2D eigenvalue weighted by Crippen LogP contribution is 2.30. The molecule has 0 amide bonds. The Bertz CT molecular complexity index is 926. The molecule has 10 heteroatoms. The van der Waals surface area contributed by atoms with Crippen LogP contribution in [0.1, 0.15) is 32.6 Å². The van der Waals surface area contributed by atoms with Crippen molar-refractivity contribution in [1.82, 2.24) is 19.9 Å². The number of rotatable bonds is 9. The van der Waals surface area contributed by atoms with E-state index in [1.54, 1.807) is 6.07 Å². The minimum atomic E-state index is -0.437. The lowest BCUT2D eigenvalue weighted by atomic mass is 9.99. The number of methoxy groups -OCH3 is 1. The molecule has 3 N–H and O–H groups in total. The molecule has 2 aliphatic heterocycles. The molecule has 180 valence electrons. The molecule has 0 spiro atoms. The number of hydrogen-bond acceptors (Lipinski definition) is 9. The topological polar surface area (TPSA) is 102 Å². The SMILES string of the molecule is CCN1CCCC1CNc1nc(N)nc(N(CC2CCOCC2)c2ccc(OC)c(F)c2)n1. The van der Waals surface area contributed by atoms with E-state index in [0.717, 1.165) is 52.1 Å². The predicted octanol–water partition coefficient (Wildman–Crippen LogP) is 3.06. The summed E-state index contributed by atoms with van der Waals surface area (Å²) in [5.74, 6) is 1.10.